The lowest BCUT2D eigenvalue weighted by Crippen LogP contribution is -2.47. The second-order valence-corrected chi connectivity index (χ2v) is 13.1. The molecule has 3 aromatic rings. The van der Waals surface area contributed by atoms with Crippen molar-refractivity contribution in [2.75, 3.05) is 23.3 Å². The number of carbonyl (C=O) groups is 4. The molecule has 1 saturated carbocycles. The Morgan fingerprint density at radius 1 is 0.977 bits per heavy atom. The van der Waals surface area contributed by atoms with Crippen molar-refractivity contribution in [2.45, 2.75) is 52.9 Å². The van der Waals surface area contributed by atoms with Gasteiger partial charge in [0.2, 0.25) is 5.91 Å². The molecule has 0 saturated heterocycles. The molecule has 1 aliphatic heterocycles. The quantitative estimate of drug-likeness (QED) is 0.292. The number of anilines is 2. The lowest BCUT2D eigenvalue weighted by Gasteiger charge is -2.28. The fourth-order valence-electron chi connectivity index (χ4n) is 5.40. The molecule has 9 nitrogen and oxygen atoms in total. The highest BCUT2D eigenvalue weighted by Gasteiger charge is 2.36. The van der Waals surface area contributed by atoms with Crippen molar-refractivity contribution in [3.05, 3.63) is 71.1 Å². The van der Waals surface area contributed by atoms with E-state index in [0.717, 1.165) is 65.2 Å². The van der Waals surface area contributed by atoms with Gasteiger partial charge >= 0.3 is 12.0 Å². The average molecular weight is 601 g/mol. The van der Waals surface area contributed by atoms with Crippen LogP contribution in [0.3, 0.4) is 0 Å². The number of thiophene rings is 1. The number of nitrogens with zero attached hydrogens (tertiary/aromatic N) is 3. The summed E-state index contributed by atoms with van der Waals surface area (Å²) in [6, 6.07) is 17.4. The van der Waals surface area contributed by atoms with Crippen LogP contribution >= 0.6 is 11.3 Å². The minimum absolute atomic E-state index is 0.0994. The van der Waals surface area contributed by atoms with E-state index in [1.54, 1.807) is 30.3 Å². The molecule has 0 radical (unpaired) electrons. The molecule has 0 bridgehead atoms. The largest absolute Gasteiger partial charge is 0.477 e. The van der Waals surface area contributed by atoms with Gasteiger partial charge in [-0.25, -0.2) is 14.6 Å². The maximum absolute atomic E-state index is 14.0. The number of ketones is 1. The lowest BCUT2D eigenvalue weighted by molar-refractivity contribution is -0.124. The molecule has 224 valence electrons. The van der Waals surface area contributed by atoms with Gasteiger partial charge in [0.05, 0.1) is 17.9 Å². The number of hydrogen-bond donors (Lipinski definition) is 2. The Balaban J connectivity index is 1.44. The minimum Gasteiger partial charge on any atom is -0.477 e. The molecule has 0 spiro atoms. The number of urea groups is 1. The number of benzene rings is 2. The number of fused-ring (bicyclic) bond motifs is 1. The van der Waals surface area contributed by atoms with Gasteiger partial charge in [-0.3, -0.25) is 14.5 Å². The van der Waals surface area contributed by atoms with Gasteiger partial charge in [-0.1, -0.05) is 70.4 Å². The molecule has 2 N–H and O–H groups in total. The number of rotatable bonds is 8. The van der Waals surface area contributed by atoms with E-state index in [4.69, 9.17) is 5.10 Å². The summed E-state index contributed by atoms with van der Waals surface area (Å²) in [6.45, 7) is 5.00. The van der Waals surface area contributed by atoms with Gasteiger partial charge in [0.15, 0.2) is 5.78 Å². The van der Waals surface area contributed by atoms with E-state index in [0.29, 0.717) is 11.4 Å². The van der Waals surface area contributed by atoms with E-state index < -0.39 is 23.3 Å². The van der Waals surface area contributed by atoms with Gasteiger partial charge in [0.1, 0.15) is 11.4 Å². The van der Waals surface area contributed by atoms with E-state index >= 15 is 0 Å². The molecule has 2 aromatic carbocycles. The number of para-hydroxylation sites is 1. The predicted octanol–water partition coefficient (Wildman–Crippen LogP) is 6.89. The SMILES string of the molecule is CC(C)(C)C(=O)CN1C(=O)N(CC(=O)Nc2cccc(-c3ccc(C(=O)O)s3)c2)N=C(C2CCCCC2)c2ccccc21. The zero-order chi connectivity index (χ0) is 30.7. The first-order valence-corrected chi connectivity index (χ1v) is 15.4. The molecule has 1 fully saturated rings. The molecule has 3 amide bonds. The van der Waals surface area contributed by atoms with Crippen LogP contribution in [-0.4, -0.2) is 52.6 Å². The highest BCUT2D eigenvalue weighted by Crippen LogP contribution is 2.35. The Morgan fingerprint density at radius 2 is 1.72 bits per heavy atom. The predicted molar refractivity (Wildman–Crippen MR) is 169 cm³/mol. The Morgan fingerprint density at radius 3 is 2.42 bits per heavy atom. The van der Waals surface area contributed by atoms with Crippen molar-refractivity contribution >= 4 is 52.1 Å². The van der Waals surface area contributed by atoms with Crippen LogP contribution in [0.2, 0.25) is 0 Å². The van der Waals surface area contributed by atoms with Gasteiger partial charge in [-0.15, -0.1) is 11.3 Å². The van der Waals surface area contributed by atoms with E-state index in [-0.39, 0.29) is 29.7 Å². The molecule has 5 rings (SSSR count). The zero-order valence-electron chi connectivity index (χ0n) is 24.6. The maximum Gasteiger partial charge on any atom is 0.345 e. The minimum atomic E-state index is -0.989. The van der Waals surface area contributed by atoms with Crippen LogP contribution in [0.5, 0.6) is 0 Å². The summed E-state index contributed by atoms with van der Waals surface area (Å²) in [6.07, 6.45) is 5.19. The first kappa shape index (κ1) is 30.2. The van der Waals surface area contributed by atoms with Gasteiger partial charge in [0.25, 0.3) is 0 Å². The second-order valence-electron chi connectivity index (χ2n) is 12.0. The number of carbonyl (C=O) groups excluding carboxylic acids is 3. The molecule has 10 heteroatoms. The van der Waals surface area contributed by atoms with Gasteiger partial charge in [-0.2, -0.15) is 5.10 Å². The van der Waals surface area contributed by atoms with Crippen molar-refractivity contribution in [1.82, 2.24) is 5.01 Å². The number of Topliss-reactive ketones (excluding diaryl/α,β-unsaturated/α-hetero) is 1. The highest BCUT2D eigenvalue weighted by molar-refractivity contribution is 7.17. The summed E-state index contributed by atoms with van der Waals surface area (Å²) >= 11 is 1.15. The van der Waals surface area contributed by atoms with Crippen LogP contribution in [-0.2, 0) is 9.59 Å². The van der Waals surface area contributed by atoms with Crippen molar-refractivity contribution in [3.63, 3.8) is 0 Å². The number of hydrazone groups is 1. The third-order valence-corrected chi connectivity index (χ3v) is 8.94. The van der Waals surface area contributed by atoms with Crippen molar-refractivity contribution in [1.29, 1.82) is 0 Å². The fraction of sp³-hybridized carbons (Fsp3) is 0.364. The number of carboxylic acids is 1. The Labute approximate surface area is 255 Å². The monoisotopic (exact) mass is 600 g/mol. The summed E-state index contributed by atoms with van der Waals surface area (Å²) in [4.78, 5) is 54.4. The molecular formula is C33H36N4O5S. The summed E-state index contributed by atoms with van der Waals surface area (Å²) in [7, 11) is 0. The van der Waals surface area contributed by atoms with E-state index in [9.17, 15) is 24.3 Å². The number of aromatic carboxylic acids is 1. The molecule has 2 aliphatic rings. The van der Waals surface area contributed by atoms with Crippen molar-refractivity contribution in [3.8, 4) is 10.4 Å². The lowest BCUT2D eigenvalue weighted by atomic mass is 9.83. The molecule has 1 aliphatic carbocycles. The van der Waals surface area contributed by atoms with Crippen LogP contribution < -0.4 is 10.2 Å². The second kappa shape index (κ2) is 12.5. The third kappa shape index (κ3) is 6.85. The standard InChI is InChI=1S/C33H36N4O5S/c1-33(2,3)28(38)19-36-25-15-8-7-14-24(25)30(21-10-5-4-6-11-21)35-37(32(36)42)20-29(39)34-23-13-9-12-22(18-23)26-16-17-27(43-26)31(40)41/h7-9,12-18,21H,4-6,10-11,19-20H2,1-3H3,(H,34,39)(H,40,41). The van der Waals surface area contributed by atoms with Gasteiger partial charge in [0, 0.05) is 27.5 Å². The summed E-state index contributed by atoms with van der Waals surface area (Å²) in [5.74, 6) is -1.39. The highest BCUT2D eigenvalue weighted by atomic mass is 32.1. The first-order valence-electron chi connectivity index (χ1n) is 14.5. The Hall–Kier alpha value is -4.31. The third-order valence-electron chi connectivity index (χ3n) is 7.82. The Bertz CT molecular complexity index is 1580. The normalized spacial score (nSPS) is 15.9. The smallest absolute Gasteiger partial charge is 0.345 e. The van der Waals surface area contributed by atoms with Crippen molar-refractivity contribution < 1.29 is 24.3 Å². The first-order chi connectivity index (χ1) is 20.5. The topological polar surface area (TPSA) is 119 Å². The van der Waals surface area contributed by atoms with Crippen LogP contribution in [0.1, 0.15) is 68.1 Å². The Kier molecular flexibility index (Phi) is 8.77. The molecule has 0 unspecified atom stereocenters. The fourth-order valence-corrected chi connectivity index (χ4v) is 6.24. The molecular weight excluding hydrogens is 564 g/mol. The molecule has 2 heterocycles. The number of carboxylic acid groups (broad SMARTS) is 1. The average Bonchev–Trinajstić information content (AvgIpc) is 3.45. The van der Waals surface area contributed by atoms with E-state index in [2.05, 4.69) is 5.32 Å². The summed E-state index contributed by atoms with van der Waals surface area (Å²) < 4.78 is 0. The van der Waals surface area contributed by atoms with Gasteiger partial charge < -0.3 is 10.4 Å². The molecule has 1 aromatic heterocycles. The van der Waals surface area contributed by atoms with Crippen LogP contribution in [0.15, 0.2) is 65.8 Å². The molecule has 43 heavy (non-hydrogen) atoms. The van der Waals surface area contributed by atoms with Crippen LogP contribution in [0.4, 0.5) is 16.2 Å². The summed E-state index contributed by atoms with van der Waals surface area (Å²) in [5.41, 5.74) is 2.83. The maximum atomic E-state index is 14.0. The van der Waals surface area contributed by atoms with Gasteiger partial charge in [-0.05, 0) is 48.7 Å². The number of nitrogens with one attached hydrogen (secondary N) is 1. The van der Waals surface area contributed by atoms with Crippen LogP contribution in [0.25, 0.3) is 10.4 Å². The number of amides is 3. The van der Waals surface area contributed by atoms with Crippen LogP contribution in [0, 0.1) is 11.3 Å². The van der Waals surface area contributed by atoms with E-state index in [1.807, 2.05) is 51.1 Å². The van der Waals surface area contributed by atoms with E-state index in [1.165, 1.54) is 9.91 Å². The number of hydrogen-bond acceptors (Lipinski definition) is 6. The molecule has 0 atom stereocenters. The van der Waals surface area contributed by atoms with Crippen molar-refractivity contribution in [2.24, 2.45) is 16.4 Å². The summed E-state index contributed by atoms with van der Waals surface area (Å²) in [5, 5.41) is 18.2. The zero-order valence-corrected chi connectivity index (χ0v) is 25.4.